The largest absolute Gasteiger partial charge is 0.396 e. The maximum Gasteiger partial charge on any atom is 0.241 e. The predicted octanol–water partition coefficient (Wildman–Crippen LogP) is 0.955. The molecule has 0 aliphatic carbocycles. The van der Waals surface area contributed by atoms with Crippen LogP contribution in [0.3, 0.4) is 0 Å². The molecular weight excluding hydrogens is 256 g/mol. The van der Waals surface area contributed by atoms with Crippen LogP contribution in [-0.4, -0.2) is 36.0 Å². The zero-order chi connectivity index (χ0) is 13.6. The Morgan fingerprint density at radius 3 is 2.78 bits per heavy atom. The maximum absolute atomic E-state index is 11.8. The molecule has 1 unspecified atom stereocenters. The van der Waals surface area contributed by atoms with Gasteiger partial charge in [0.25, 0.3) is 0 Å². The highest BCUT2D eigenvalue weighted by Crippen LogP contribution is 2.09. The van der Waals surface area contributed by atoms with E-state index >= 15 is 0 Å². The average molecular weight is 276 g/mol. The van der Waals surface area contributed by atoms with Gasteiger partial charge in [-0.3, -0.25) is 0 Å². The summed E-state index contributed by atoms with van der Waals surface area (Å²) in [6, 6.07) is 0. The fourth-order valence-corrected chi connectivity index (χ4v) is 3.10. The van der Waals surface area contributed by atoms with E-state index < -0.39 is 9.84 Å². The molecule has 0 bridgehead atoms. The summed E-state index contributed by atoms with van der Waals surface area (Å²) in [5, 5.41) is 12.6. The Hall–Kier alpha value is -0.950. The Labute approximate surface area is 107 Å². The first kappa shape index (κ1) is 15.1. The number of aliphatic hydroxyl groups is 1. The minimum absolute atomic E-state index is 0.0732. The summed E-state index contributed by atoms with van der Waals surface area (Å²) in [6.45, 7) is 3.59. The summed E-state index contributed by atoms with van der Waals surface area (Å²) in [6.07, 6.45) is 2.68. The van der Waals surface area contributed by atoms with E-state index in [2.05, 4.69) is 17.1 Å². The summed E-state index contributed by atoms with van der Waals surface area (Å²) < 4.78 is 28.4. The minimum atomic E-state index is -3.31. The Kier molecular flexibility index (Phi) is 5.74. The highest BCUT2D eigenvalue weighted by molar-refractivity contribution is 7.90. The second-order valence-corrected chi connectivity index (χ2v) is 6.66. The van der Waals surface area contributed by atoms with Crippen molar-refractivity contribution in [1.82, 2.24) is 10.1 Å². The summed E-state index contributed by atoms with van der Waals surface area (Å²) in [4.78, 5) is 4.05. The summed E-state index contributed by atoms with van der Waals surface area (Å²) in [7, 11) is -3.31. The fourth-order valence-electron chi connectivity index (χ4n) is 1.52. The second-order valence-electron chi connectivity index (χ2n) is 4.55. The zero-order valence-corrected chi connectivity index (χ0v) is 11.6. The van der Waals surface area contributed by atoms with Crippen LogP contribution < -0.4 is 0 Å². The van der Waals surface area contributed by atoms with Gasteiger partial charge in [-0.2, -0.15) is 4.98 Å². The summed E-state index contributed by atoms with van der Waals surface area (Å²) in [5.41, 5.74) is 0. The van der Waals surface area contributed by atoms with Crippen molar-refractivity contribution in [2.24, 2.45) is 5.92 Å². The molecule has 6 nitrogen and oxygen atoms in total. The standard InChI is InChI=1S/C11H20N2O4S/c1-3-4-5-10-12-11(17-13-10)8-18(15,16)7-9(2)6-14/h9,14H,3-8H2,1-2H3. The van der Waals surface area contributed by atoms with Gasteiger partial charge in [-0.15, -0.1) is 0 Å². The van der Waals surface area contributed by atoms with E-state index in [4.69, 9.17) is 9.63 Å². The molecule has 0 amide bonds. The van der Waals surface area contributed by atoms with Crippen molar-refractivity contribution in [2.45, 2.75) is 38.9 Å². The third-order valence-corrected chi connectivity index (χ3v) is 4.22. The molecule has 18 heavy (non-hydrogen) atoms. The molecule has 104 valence electrons. The summed E-state index contributed by atoms with van der Waals surface area (Å²) in [5.74, 6) is 0.0769. The smallest absolute Gasteiger partial charge is 0.241 e. The molecule has 0 saturated carbocycles. The number of hydrogen-bond donors (Lipinski definition) is 1. The van der Waals surface area contributed by atoms with E-state index in [0.717, 1.165) is 12.8 Å². The number of aliphatic hydroxyl groups excluding tert-OH is 1. The quantitative estimate of drug-likeness (QED) is 0.760. The lowest BCUT2D eigenvalue weighted by molar-refractivity contribution is 0.249. The molecule has 0 saturated heterocycles. The van der Waals surface area contributed by atoms with E-state index in [9.17, 15) is 8.42 Å². The monoisotopic (exact) mass is 276 g/mol. The molecule has 0 spiro atoms. The van der Waals surface area contributed by atoms with E-state index in [-0.39, 0.29) is 29.9 Å². The van der Waals surface area contributed by atoms with Crippen LogP contribution in [0, 0.1) is 5.92 Å². The van der Waals surface area contributed by atoms with Crippen LogP contribution in [0.2, 0.25) is 0 Å². The third kappa shape index (κ3) is 5.14. The van der Waals surface area contributed by atoms with Crippen molar-refractivity contribution in [3.05, 3.63) is 11.7 Å². The Morgan fingerprint density at radius 1 is 1.44 bits per heavy atom. The van der Waals surface area contributed by atoms with Crippen molar-refractivity contribution in [3.8, 4) is 0 Å². The Bertz CT molecular complexity index is 455. The predicted molar refractivity (Wildman–Crippen MR) is 66.7 cm³/mol. The van der Waals surface area contributed by atoms with Gasteiger partial charge in [-0.25, -0.2) is 8.42 Å². The third-order valence-electron chi connectivity index (χ3n) is 2.46. The van der Waals surface area contributed by atoms with Crippen LogP contribution in [0.1, 0.15) is 38.4 Å². The van der Waals surface area contributed by atoms with E-state index in [0.29, 0.717) is 12.2 Å². The molecule has 1 rings (SSSR count). The molecule has 1 heterocycles. The molecule has 0 fully saturated rings. The van der Waals surface area contributed by atoms with Crippen LogP contribution in [-0.2, 0) is 22.0 Å². The number of nitrogens with zero attached hydrogens (tertiary/aromatic N) is 2. The summed E-state index contributed by atoms with van der Waals surface area (Å²) >= 11 is 0. The SMILES string of the molecule is CCCCc1noc(CS(=O)(=O)CC(C)CO)n1. The van der Waals surface area contributed by atoms with Crippen LogP contribution in [0.4, 0.5) is 0 Å². The van der Waals surface area contributed by atoms with Gasteiger partial charge in [-0.1, -0.05) is 25.4 Å². The number of sulfone groups is 1. The Morgan fingerprint density at radius 2 is 2.17 bits per heavy atom. The van der Waals surface area contributed by atoms with Gasteiger partial charge < -0.3 is 9.63 Å². The van der Waals surface area contributed by atoms with Gasteiger partial charge in [0, 0.05) is 13.0 Å². The first-order valence-electron chi connectivity index (χ1n) is 6.09. The van der Waals surface area contributed by atoms with Gasteiger partial charge in [0.1, 0.15) is 5.75 Å². The van der Waals surface area contributed by atoms with Gasteiger partial charge in [0.05, 0.1) is 5.75 Å². The van der Waals surface area contributed by atoms with E-state index in [1.807, 2.05) is 0 Å². The zero-order valence-electron chi connectivity index (χ0n) is 10.8. The lowest BCUT2D eigenvalue weighted by Gasteiger charge is -2.06. The molecule has 0 aliphatic rings. The first-order valence-corrected chi connectivity index (χ1v) is 7.91. The molecule has 0 aliphatic heterocycles. The number of aromatic nitrogens is 2. The van der Waals surface area contributed by atoms with Crippen molar-refractivity contribution in [3.63, 3.8) is 0 Å². The Balaban J connectivity index is 2.58. The number of rotatable bonds is 8. The maximum atomic E-state index is 11.8. The normalized spacial score (nSPS) is 13.7. The molecule has 0 radical (unpaired) electrons. The lowest BCUT2D eigenvalue weighted by Crippen LogP contribution is -2.18. The fraction of sp³-hybridized carbons (Fsp3) is 0.818. The van der Waals surface area contributed by atoms with E-state index in [1.54, 1.807) is 6.92 Å². The van der Waals surface area contributed by atoms with Crippen LogP contribution >= 0.6 is 0 Å². The number of unbranched alkanes of at least 4 members (excludes halogenated alkanes) is 1. The van der Waals surface area contributed by atoms with Crippen LogP contribution in [0.25, 0.3) is 0 Å². The van der Waals surface area contributed by atoms with Crippen molar-refractivity contribution in [2.75, 3.05) is 12.4 Å². The van der Waals surface area contributed by atoms with Crippen LogP contribution in [0.15, 0.2) is 4.52 Å². The van der Waals surface area contributed by atoms with Crippen molar-refractivity contribution < 1.29 is 18.0 Å². The minimum Gasteiger partial charge on any atom is -0.396 e. The molecule has 1 aromatic heterocycles. The van der Waals surface area contributed by atoms with Crippen LogP contribution in [0.5, 0.6) is 0 Å². The average Bonchev–Trinajstić information content (AvgIpc) is 2.72. The molecule has 1 N–H and O–H groups in total. The van der Waals surface area contributed by atoms with Crippen molar-refractivity contribution in [1.29, 1.82) is 0 Å². The first-order chi connectivity index (χ1) is 8.46. The molecule has 0 aromatic carbocycles. The van der Waals surface area contributed by atoms with Gasteiger partial charge in [-0.05, 0) is 12.3 Å². The molecule has 7 heteroatoms. The second kappa shape index (κ2) is 6.84. The number of hydrogen-bond acceptors (Lipinski definition) is 6. The molecule has 1 aromatic rings. The highest BCUT2D eigenvalue weighted by Gasteiger charge is 2.20. The van der Waals surface area contributed by atoms with Gasteiger partial charge in [0.15, 0.2) is 15.7 Å². The lowest BCUT2D eigenvalue weighted by atomic mass is 10.2. The topological polar surface area (TPSA) is 93.3 Å². The van der Waals surface area contributed by atoms with E-state index in [1.165, 1.54) is 0 Å². The van der Waals surface area contributed by atoms with Crippen molar-refractivity contribution >= 4 is 9.84 Å². The molecule has 1 atom stereocenters. The highest BCUT2D eigenvalue weighted by atomic mass is 32.2. The van der Waals surface area contributed by atoms with Gasteiger partial charge in [0.2, 0.25) is 5.89 Å². The van der Waals surface area contributed by atoms with Gasteiger partial charge >= 0.3 is 0 Å². The molecular formula is C11H20N2O4S. The number of aryl methyl sites for hydroxylation is 1.